The van der Waals surface area contributed by atoms with Crippen LogP contribution in [0, 0.1) is 0 Å². The number of aliphatic carboxylic acids is 1. The zero-order valence-electron chi connectivity index (χ0n) is 12.7. The number of ether oxygens (including phenoxy) is 2. The highest BCUT2D eigenvalue weighted by molar-refractivity contribution is 5.92. The average Bonchev–Trinajstić information content (AvgIpc) is 2.52. The maximum atomic E-state index is 12.0. The lowest BCUT2D eigenvalue weighted by atomic mass is 10.2. The van der Waals surface area contributed by atoms with Crippen LogP contribution in [0.5, 0.6) is 5.75 Å². The number of carboxylic acid groups (broad SMARTS) is 1. The highest BCUT2D eigenvalue weighted by Crippen LogP contribution is 2.19. The molecule has 6 heteroatoms. The van der Waals surface area contributed by atoms with Crippen molar-refractivity contribution in [1.29, 1.82) is 0 Å². The first-order valence-electron chi connectivity index (χ1n) is 6.94. The molecule has 0 aliphatic carbocycles. The predicted octanol–water partition coefficient (Wildman–Crippen LogP) is 2.10. The molecule has 1 aromatic rings. The van der Waals surface area contributed by atoms with Gasteiger partial charge in [-0.25, -0.2) is 4.79 Å². The van der Waals surface area contributed by atoms with Crippen molar-refractivity contribution >= 4 is 17.6 Å². The summed E-state index contributed by atoms with van der Waals surface area (Å²) in [4.78, 5) is 24.0. The predicted molar refractivity (Wildman–Crippen MR) is 83.2 cm³/mol. The molecule has 1 N–H and O–H groups in total. The highest BCUT2D eigenvalue weighted by atomic mass is 16.5. The first-order valence-corrected chi connectivity index (χ1v) is 6.94. The minimum Gasteiger partial charge on any atom is -0.482 e. The number of carbonyl (C=O) groups excluding carboxylic acids is 1. The zero-order valence-corrected chi connectivity index (χ0v) is 12.7. The first-order chi connectivity index (χ1) is 10.5. The van der Waals surface area contributed by atoms with Crippen molar-refractivity contribution in [3.8, 4) is 5.75 Å². The smallest absolute Gasteiger partial charge is 0.341 e. The van der Waals surface area contributed by atoms with E-state index in [4.69, 9.17) is 14.6 Å². The molecule has 6 nitrogen and oxygen atoms in total. The monoisotopic (exact) mass is 307 g/mol. The molecule has 1 rings (SSSR count). The largest absolute Gasteiger partial charge is 0.482 e. The van der Waals surface area contributed by atoms with Crippen molar-refractivity contribution in [2.45, 2.75) is 12.8 Å². The molecule has 0 radical (unpaired) electrons. The molecular formula is C16H21NO5. The highest BCUT2D eigenvalue weighted by Gasteiger charge is 2.10. The minimum absolute atomic E-state index is 0.0126. The average molecular weight is 307 g/mol. The molecular weight excluding hydrogens is 286 g/mol. The molecule has 0 aliphatic rings. The van der Waals surface area contributed by atoms with Gasteiger partial charge in [-0.1, -0.05) is 6.08 Å². The summed E-state index contributed by atoms with van der Waals surface area (Å²) >= 11 is 0. The summed E-state index contributed by atoms with van der Waals surface area (Å²) in [5, 5.41) is 8.53. The molecule has 0 bridgehead atoms. The molecule has 0 fully saturated rings. The standard InChI is InChI=1S/C16H21NO5/c1-3-10-21-11-4-5-15(18)17(2)13-6-8-14(9-7-13)22-12-16(19)20/h3,6-9H,1,4-5,10-12H2,2H3,(H,19,20). The number of hydrogen-bond acceptors (Lipinski definition) is 4. The van der Waals surface area contributed by atoms with Crippen molar-refractivity contribution in [2.24, 2.45) is 0 Å². The van der Waals surface area contributed by atoms with Gasteiger partial charge < -0.3 is 19.5 Å². The molecule has 0 aromatic heterocycles. The lowest BCUT2D eigenvalue weighted by Gasteiger charge is -2.17. The van der Waals surface area contributed by atoms with Crippen molar-refractivity contribution in [1.82, 2.24) is 0 Å². The zero-order chi connectivity index (χ0) is 16.4. The van der Waals surface area contributed by atoms with E-state index in [0.29, 0.717) is 31.8 Å². The molecule has 120 valence electrons. The third-order valence-corrected chi connectivity index (χ3v) is 2.88. The van der Waals surface area contributed by atoms with E-state index in [1.54, 1.807) is 42.3 Å². The molecule has 22 heavy (non-hydrogen) atoms. The van der Waals surface area contributed by atoms with Crippen LogP contribution in [0.15, 0.2) is 36.9 Å². The Kier molecular flexibility index (Phi) is 7.70. The Hall–Kier alpha value is -2.34. The van der Waals surface area contributed by atoms with E-state index in [0.717, 1.165) is 5.69 Å². The van der Waals surface area contributed by atoms with Gasteiger partial charge in [-0.2, -0.15) is 0 Å². The lowest BCUT2D eigenvalue weighted by Crippen LogP contribution is -2.26. The number of hydrogen-bond donors (Lipinski definition) is 1. The van der Waals surface area contributed by atoms with Gasteiger partial charge in [0.25, 0.3) is 0 Å². The third-order valence-electron chi connectivity index (χ3n) is 2.88. The minimum atomic E-state index is -1.03. The van der Waals surface area contributed by atoms with Gasteiger partial charge in [-0.3, -0.25) is 4.79 Å². The molecule has 0 saturated carbocycles. The van der Waals surface area contributed by atoms with E-state index >= 15 is 0 Å². The Bertz CT molecular complexity index is 498. The van der Waals surface area contributed by atoms with Crippen LogP contribution in [0.1, 0.15) is 12.8 Å². The lowest BCUT2D eigenvalue weighted by molar-refractivity contribution is -0.139. The topological polar surface area (TPSA) is 76.1 Å². The molecule has 0 spiro atoms. The van der Waals surface area contributed by atoms with Crippen LogP contribution in [0.4, 0.5) is 5.69 Å². The number of amides is 1. The van der Waals surface area contributed by atoms with Gasteiger partial charge in [0.05, 0.1) is 6.61 Å². The number of nitrogens with zero attached hydrogens (tertiary/aromatic N) is 1. The van der Waals surface area contributed by atoms with Crippen LogP contribution in [-0.2, 0) is 14.3 Å². The van der Waals surface area contributed by atoms with Crippen LogP contribution in [0.3, 0.4) is 0 Å². The summed E-state index contributed by atoms with van der Waals surface area (Å²) in [6.07, 6.45) is 2.71. The van der Waals surface area contributed by atoms with Crippen LogP contribution in [0.2, 0.25) is 0 Å². The normalized spacial score (nSPS) is 10.0. The Labute approximate surface area is 129 Å². The number of carboxylic acids is 1. The SMILES string of the molecule is C=CCOCCCC(=O)N(C)c1ccc(OCC(=O)O)cc1. The van der Waals surface area contributed by atoms with E-state index in [1.165, 1.54) is 0 Å². The Morgan fingerprint density at radius 2 is 2.00 bits per heavy atom. The molecule has 0 unspecified atom stereocenters. The second-order valence-electron chi connectivity index (χ2n) is 4.60. The van der Waals surface area contributed by atoms with Gasteiger partial charge >= 0.3 is 5.97 Å². The number of benzene rings is 1. The summed E-state index contributed by atoms with van der Waals surface area (Å²) in [6.45, 7) is 4.17. The van der Waals surface area contributed by atoms with Gasteiger partial charge in [-0.15, -0.1) is 6.58 Å². The fourth-order valence-electron chi connectivity index (χ4n) is 1.71. The van der Waals surface area contributed by atoms with E-state index in [-0.39, 0.29) is 5.91 Å². The van der Waals surface area contributed by atoms with Crippen LogP contribution in [0.25, 0.3) is 0 Å². The van der Waals surface area contributed by atoms with Crippen LogP contribution in [-0.4, -0.2) is 43.9 Å². The van der Waals surface area contributed by atoms with Gasteiger partial charge in [-0.05, 0) is 30.7 Å². The molecule has 1 aromatic carbocycles. The van der Waals surface area contributed by atoms with E-state index in [2.05, 4.69) is 6.58 Å². The summed E-state index contributed by atoms with van der Waals surface area (Å²) in [5.74, 6) is -0.596. The fraction of sp³-hybridized carbons (Fsp3) is 0.375. The van der Waals surface area contributed by atoms with E-state index in [9.17, 15) is 9.59 Å². The summed E-state index contributed by atoms with van der Waals surface area (Å²) in [7, 11) is 1.69. The summed E-state index contributed by atoms with van der Waals surface area (Å²) < 4.78 is 10.3. The molecule has 0 saturated heterocycles. The quantitative estimate of drug-likeness (QED) is 0.529. The second-order valence-corrected chi connectivity index (χ2v) is 4.60. The van der Waals surface area contributed by atoms with Crippen molar-refractivity contribution < 1.29 is 24.2 Å². The number of anilines is 1. The van der Waals surface area contributed by atoms with Crippen LogP contribution >= 0.6 is 0 Å². The molecule has 0 atom stereocenters. The van der Waals surface area contributed by atoms with E-state index < -0.39 is 12.6 Å². The summed E-state index contributed by atoms with van der Waals surface area (Å²) in [6, 6.07) is 6.69. The van der Waals surface area contributed by atoms with Gasteiger partial charge in [0.2, 0.25) is 5.91 Å². The second kappa shape index (κ2) is 9.57. The van der Waals surface area contributed by atoms with Crippen molar-refractivity contribution in [3.63, 3.8) is 0 Å². The van der Waals surface area contributed by atoms with Crippen LogP contribution < -0.4 is 9.64 Å². The Balaban J connectivity index is 2.43. The van der Waals surface area contributed by atoms with Gasteiger partial charge in [0.1, 0.15) is 5.75 Å². The van der Waals surface area contributed by atoms with Gasteiger partial charge in [0.15, 0.2) is 6.61 Å². The Morgan fingerprint density at radius 3 is 2.59 bits per heavy atom. The fourth-order valence-corrected chi connectivity index (χ4v) is 1.71. The van der Waals surface area contributed by atoms with Crippen molar-refractivity contribution in [3.05, 3.63) is 36.9 Å². The maximum absolute atomic E-state index is 12.0. The first kappa shape index (κ1) is 17.7. The van der Waals surface area contributed by atoms with E-state index in [1.807, 2.05) is 0 Å². The van der Waals surface area contributed by atoms with Gasteiger partial charge in [0, 0.05) is 25.8 Å². The number of carbonyl (C=O) groups is 2. The molecule has 1 amide bonds. The summed E-state index contributed by atoms with van der Waals surface area (Å²) in [5.41, 5.74) is 0.722. The third kappa shape index (κ3) is 6.41. The Morgan fingerprint density at radius 1 is 1.32 bits per heavy atom. The molecule has 0 aliphatic heterocycles. The number of rotatable bonds is 10. The van der Waals surface area contributed by atoms with Crippen molar-refractivity contribution in [2.75, 3.05) is 31.8 Å². The molecule has 0 heterocycles. The maximum Gasteiger partial charge on any atom is 0.341 e.